The highest BCUT2D eigenvalue weighted by Gasteiger charge is 2.09. The third-order valence-corrected chi connectivity index (χ3v) is 2.31. The molecule has 1 aromatic rings. The van der Waals surface area contributed by atoms with Crippen LogP contribution in [0.25, 0.3) is 0 Å². The van der Waals surface area contributed by atoms with Gasteiger partial charge in [-0.2, -0.15) is 0 Å². The van der Waals surface area contributed by atoms with Crippen LogP contribution in [-0.2, 0) is 11.3 Å². The summed E-state index contributed by atoms with van der Waals surface area (Å²) in [7, 11) is 3.33. The second kappa shape index (κ2) is 6.75. The summed E-state index contributed by atoms with van der Waals surface area (Å²) < 4.78 is 4.95. The summed E-state index contributed by atoms with van der Waals surface area (Å²) in [5, 5.41) is 8.39. The standard InChI is InChI=1S/C11H18N4O3/c1-8-6-9(14-18-8)7-15(3)5-4-10(16)13-11(17)12-2/h6H,4-5,7H2,1-3H3,(H2,12,13,16,17). The zero-order valence-corrected chi connectivity index (χ0v) is 10.8. The predicted octanol–water partition coefficient (Wildman–Crippen LogP) is 0.261. The summed E-state index contributed by atoms with van der Waals surface area (Å²) in [4.78, 5) is 24.2. The molecule has 0 fully saturated rings. The first-order valence-corrected chi connectivity index (χ1v) is 5.63. The highest BCUT2D eigenvalue weighted by Crippen LogP contribution is 2.04. The third kappa shape index (κ3) is 4.96. The number of nitrogens with zero attached hydrogens (tertiary/aromatic N) is 2. The van der Waals surface area contributed by atoms with E-state index in [1.165, 1.54) is 7.05 Å². The molecule has 1 aromatic heterocycles. The highest BCUT2D eigenvalue weighted by molar-refractivity contribution is 5.94. The van der Waals surface area contributed by atoms with Crippen molar-refractivity contribution in [1.82, 2.24) is 20.7 Å². The maximum atomic E-state index is 11.3. The summed E-state index contributed by atoms with van der Waals surface area (Å²) >= 11 is 0. The van der Waals surface area contributed by atoms with Gasteiger partial charge in [-0.1, -0.05) is 5.16 Å². The zero-order valence-electron chi connectivity index (χ0n) is 10.8. The van der Waals surface area contributed by atoms with Crippen molar-refractivity contribution in [3.05, 3.63) is 17.5 Å². The summed E-state index contributed by atoms with van der Waals surface area (Å²) in [5.74, 6) is 0.452. The van der Waals surface area contributed by atoms with Crippen molar-refractivity contribution >= 4 is 11.9 Å². The quantitative estimate of drug-likeness (QED) is 0.787. The molecule has 0 unspecified atom stereocenters. The van der Waals surface area contributed by atoms with Crippen molar-refractivity contribution in [3.8, 4) is 0 Å². The molecule has 0 atom stereocenters. The number of nitrogens with one attached hydrogen (secondary N) is 2. The van der Waals surface area contributed by atoms with E-state index in [0.29, 0.717) is 13.1 Å². The number of imide groups is 1. The Kier molecular flexibility index (Phi) is 5.31. The minimum Gasteiger partial charge on any atom is -0.361 e. The summed E-state index contributed by atoms with van der Waals surface area (Å²) in [6.45, 7) is 2.96. The van der Waals surface area contributed by atoms with E-state index in [4.69, 9.17) is 4.52 Å². The second-order valence-electron chi connectivity index (χ2n) is 4.04. The fourth-order valence-electron chi connectivity index (χ4n) is 1.39. The molecular weight excluding hydrogens is 236 g/mol. The van der Waals surface area contributed by atoms with Gasteiger partial charge in [0.25, 0.3) is 0 Å². The molecule has 100 valence electrons. The molecule has 0 aliphatic rings. The number of aromatic nitrogens is 1. The Balaban J connectivity index is 2.26. The summed E-state index contributed by atoms with van der Waals surface area (Å²) in [5.41, 5.74) is 0.821. The first-order chi connectivity index (χ1) is 8.51. The molecule has 0 radical (unpaired) electrons. The lowest BCUT2D eigenvalue weighted by atomic mass is 10.3. The van der Waals surface area contributed by atoms with Crippen LogP contribution < -0.4 is 10.6 Å². The van der Waals surface area contributed by atoms with Crippen molar-refractivity contribution in [1.29, 1.82) is 0 Å². The number of urea groups is 1. The van der Waals surface area contributed by atoms with Crippen LogP contribution in [0.2, 0.25) is 0 Å². The van der Waals surface area contributed by atoms with Crippen molar-refractivity contribution in [2.45, 2.75) is 19.9 Å². The maximum Gasteiger partial charge on any atom is 0.321 e. The van der Waals surface area contributed by atoms with Gasteiger partial charge in [-0.25, -0.2) is 4.79 Å². The van der Waals surface area contributed by atoms with E-state index in [9.17, 15) is 9.59 Å². The lowest BCUT2D eigenvalue weighted by molar-refractivity contribution is -0.120. The van der Waals surface area contributed by atoms with E-state index < -0.39 is 6.03 Å². The molecule has 2 N–H and O–H groups in total. The summed E-state index contributed by atoms with van der Waals surface area (Å²) in [6.07, 6.45) is 0.251. The number of hydrogen-bond acceptors (Lipinski definition) is 5. The monoisotopic (exact) mass is 254 g/mol. The van der Waals surface area contributed by atoms with E-state index >= 15 is 0 Å². The van der Waals surface area contributed by atoms with Crippen LogP contribution in [0.15, 0.2) is 10.6 Å². The van der Waals surface area contributed by atoms with Gasteiger partial charge in [-0.15, -0.1) is 0 Å². The van der Waals surface area contributed by atoms with Gasteiger partial charge in [-0.3, -0.25) is 15.0 Å². The summed E-state index contributed by atoms with van der Waals surface area (Å²) in [6, 6.07) is 1.36. The normalized spacial score (nSPS) is 10.4. The molecule has 0 saturated carbocycles. The van der Waals surface area contributed by atoms with Crippen LogP contribution in [0, 0.1) is 6.92 Å². The largest absolute Gasteiger partial charge is 0.361 e. The van der Waals surface area contributed by atoms with E-state index in [1.54, 1.807) is 0 Å². The topological polar surface area (TPSA) is 87.5 Å². The number of carbonyl (C=O) groups excluding carboxylic acids is 2. The van der Waals surface area contributed by atoms with Gasteiger partial charge in [0.15, 0.2) is 0 Å². The first kappa shape index (κ1) is 14.2. The van der Waals surface area contributed by atoms with Gasteiger partial charge < -0.3 is 9.84 Å². The molecule has 1 rings (SSSR count). The molecule has 0 aliphatic heterocycles. The van der Waals surface area contributed by atoms with Crippen molar-refractivity contribution in [2.24, 2.45) is 0 Å². The zero-order chi connectivity index (χ0) is 13.5. The number of hydrogen-bond donors (Lipinski definition) is 2. The minimum atomic E-state index is -0.491. The van der Waals surface area contributed by atoms with E-state index in [1.807, 2.05) is 24.9 Å². The molecule has 7 heteroatoms. The molecule has 0 aliphatic carbocycles. The van der Waals surface area contributed by atoms with Gasteiger partial charge in [-0.05, 0) is 14.0 Å². The van der Waals surface area contributed by atoms with Crippen LogP contribution in [0.3, 0.4) is 0 Å². The van der Waals surface area contributed by atoms with Crippen LogP contribution in [0.1, 0.15) is 17.9 Å². The highest BCUT2D eigenvalue weighted by atomic mass is 16.5. The molecule has 0 spiro atoms. The maximum absolute atomic E-state index is 11.3. The van der Waals surface area contributed by atoms with Crippen LogP contribution in [0.4, 0.5) is 4.79 Å². The smallest absolute Gasteiger partial charge is 0.321 e. The van der Waals surface area contributed by atoms with Gasteiger partial charge >= 0.3 is 6.03 Å². The number of aryl methyl sites for hydroxylation is 1. The first-order valence-electron chi connectivity index (χ1n) is 5.63. The SMILES string of the molecule is CNC(=O)NC(=O)CCN(C)Cc1cc(C)on1. The van der Waals surface area contributed by atoms with Gasteiger partial charge in [0.05, 0.1) is 5.69 Å². The fraction of sp³-hybridized carbons (Fsp3) is 0.545. The van der Waals surface area contributed by atoms with E-state index in [-0.39, 0.29) is 12.3 Å². The van der Waals surface area contributed by atoms with Crippen LogP contribution in [-0.4, -0.2) is 42.6 Å². The average molecular weight is 254 g/mol. The molecule has 3 amide bonds. The second-order valence-corrected chi connectivity index (χ2v) is 4.04. The fourth-order valence-corrected chi connectivity index (χ4v) is 1.39. The molecular formula is C11H18N4O3. The number of amides is 3. The Morgan fingerprint density at radius 3 is 2.78 bits per heavy atom. The van der Waals surface area contributed by atoms with Gasteiger partial charge in [0, 0.05) is 32.6 Å². The lowest BCUT2D eigenvalue weighted by Crippen LogP contribution is -2.38. The molecule has 0 saturated heterocycles. The Labute approximate surface area is 105 Å². The van der Waals surface area contributed by atoms with Crippen LogP contribution in [0.5, 0.6) is 0 Å². The third-order valence-electron chi connectivity index (χ3n) is 2.31. The Morgan fingerprint density at radius 2 is 2.22 bits per heavy atom. The van der Waals surface area contributed by atoms with E-state index in [0.717, 1.165) is 11.5 Å². The van der Waals surface area contributed by atoms with Crippen molar-refractivity contribution < 1.29 is 14.1 Å². The predicted molar refractivity (Wildman–Crippen MR) is 64.8 cm³/mol. The Bertz CT molecular complexity index is 416. The molecule has 7 nitrogen and oxygen atoms in total. The van der Waals surface area contributed by atoms with Crippen LogP contribution >= 0.6 is 0 Å². The van der Waals surface area contributed by atoms with E-state index in [2.05, 4.69) is 15.8 Å². The van der Waals surface area contributed by atoms with Gasteiger partial charge in [0.1, 0.15) is 5.76 Å². The average Bonchev–Trinajstić information content (AvgIpc) is 2.72. The molecule has 0 bridgehead atoms. The van der Waals surface area contributed by atoms with Gasteiger partial charge in [0.2, 0.25) is 5.91 Å². The lowest BCUT2D eigenvalue weighted by Gasteiger charge is -2.14. The molecule has 1 heterocycles. The Hall–Kier alpha value is -1.89. The van der Waals surface area contributed by atoms with Crippen molar-refractivity contribution in [3.63, 3.8) is 0 Å². The number of carbonyl (C=O) groups is 2. The molecule has 0 aromatic carbocycles. The Morgan fingerprint density at radius 1 is 1.50 bits per heavy atom. The molecule has 18 heavy (non-hydrogen) atoms. The minimum absolute atomic E-state index is 0.251. The van der Waals surface area contributed by atoms with Crippen molar-refractivity contribution in [2.75, 3.05) is 20.6 Å². The number of rotatable bonds is 5.